The fourth-order valence-corrected chi connectivity index (χ4v) is 3.45. The molecular formula is C17H27N3. The lowest BCUT2D eigenvalue weighted by Gasteiger charge is -2.22. The summed E-state index contributed by atoms with van der Waals surface area (Å²) >= 11 is 0. The number of hydrogen-bond acceptors (Lipinski definition) is 3. The second-order valence-electron chi connectivity index (χ2n) is 6.46. The van der Waals surface area contributed by atoms with E-state index in [0.29, 0.717) is 12.1 Å². The Bertz CT molecular complexity index is 420. The zero-order chi connectivity index (χ0) is 13.9. The molecule has 0 spiro atoms. The Kier molecular flexibility index (Phi) is 4.16. The van der Waals surface area contributed by atoms with Crippen LogP contribution >= 0.6 is 0 Å². The van der Waals surface area contributed by atoms with Gasteiger partial charge in [0.05, 0.1) is 0 Å². The molecule has 0 amide bonds. The lowest BCUT2D eigenvalue weighted by Crippen LogP contribution is -2.37. The van der Waals surface area contributed by atoms with E-state index < -0.39 is 0 Å². The van der Waals surface area contributed by atoms with Crippen molar-refractivity contribution in [3.63, 3.8) is 0 Å². The monoisotopic (exact) mass is 273 g/mol. The van der Waals surface area contributed by atoms with Gasteiger partial charge in [-0.3, -0.25) is 0 Å². The predicted molar refractivity (Wildman–Crippen MR) is 86.8 cm³/mol. The van der Waals surface area contributed by atoms with E-state index in [4.69, 9.17) is 0 Å². The number of nitrogens with one attached hydrogen (secondary N) is 1. The summed E-state index contributed by atoms with van der Waals surface area (Å²) in [6, 6.07) is 10.4. The van der Waals surface area contributed by atoms with Crippen LogP contribution in [0, 0.1) is 0 Å². The zero-order valence-corrected chi connectivity index (χ0v) is 12.8. The van der Waals surface area contributed by atoms with E-state index in [2.05, 4.69) is 53.2 Å². The molecule has 2 saturated heterocycles. The minimum absolute atomic E-state index is 0.581. The third-order valence-corrected chi connectivity index (χ3v) is 4.44. The summed E-state index contributed by atoms with van der Waals surface area (Å²) in [6.07, 6.45) is 3.94. The van der Waals surface area contributed by atoms with E-state index in [1.54, 1.807) is 0 Å². The number of benzene rings is 1. The summed E-state index contributed by atoms with van der Waals surface area (Å²) in [5.74, 6) is 0. The fraction of sp³-hybridized carbons (Fsp3) is 0.647. The first-order chi connectivity index (χ1) is 9.72. The van der Waals surface area contributed by atoms with Crippen LogP contribution in [-0.4, -0.2) is 38.3 Å². The second-order valence-corrected chi connectivity index (χ2v) is 6.46. The van der Waals surface area contributed by atoms with E-state index in [0.717, 1.165) is 6.54 Å². The highest BCUT2D eigenvalue weighted by molar-refractivity contribution is 5.57. The number of nitrogens with zero attached hydrogens (tertiary/aromatic N) is 2. The SMILES string of the molecule is CC(C)NC1CCN(c2ccc(N3CCCC3)cc2)C1. The van der Waals surface area contributed by atoms with Crippen LogP contribution in [0.25, 0.3) is 0 Å². The highest BCUT2D eigenvalue weighted by Gasteiger charge is 2.23. The summed E-state index contributed by atoms with van der Waals surface area (Å²) in [7, 11) is 0. The topological polar surface area (TPSA) is 18.5 Å². The van der Waals surface area contributed by atoms with Gasteiger partial charge in [0.2, 0.25) is 0 Å². The van der Waals surface area contributed by atoms with Gasteiger partial charge in [0.25, 0.3) is 0 Å². The molecular weight excluding hydrogens is 246 g/mol. The maximum absolute atomic E-state index is 3.65. The van der Waals surface area contributed by atoms with Gasteiger partial charge in [0, 0.05) is 49.6 Å². The third-order valence-electron chi connectivity index (χ3n) is 4.44. The second kappa shape index (κ2) is 6.04. The van der Waals surface area contributed by atoms with Gasteiger partial charge < -0.3 is 15.1 Å². The van der Waals surface area contributed by atoms with Gasteiger partial charge >= 0.3 is 0 Å². The molecule has 1 atom stereocenters. The highest BCUT2D eigenvalue weighted by Crippen LogP contribution is 2.26. The summed E-state index contributed by atoms with van der Waals surface area (Å²) in [5, 5.41) is 3.65. The first kappa shape index (κ1) is 13.7. The molecule has 2 fully saturated rings. The lowest BCUT2D eigenvalue weighted by molar-refractivity contribution is 0.492. The Hall–Kier alpha value is -1.22. The molecule has 2 aliphatic rings. The van der Waals surface area contributed by atoms with Gasteiger partial charge in [0.15, 0.2) is 0 Å². The molecule has 20 heavy (non-hydrogen) atoms. The lowest BCUT2D eigenvalue weighted by atomic mass is 10.2. The van der Waals surface area contributed by atoms with Crippen molar-refractivity contribution in [1.29, 1.82) is 0 Å². The molecule has 3 nitrogen and oxygen atoms in total. The number of rotatable bonds is 4. The average molecular weight is 273 g/mol. The standard InChI is InChI=1S/C17H27N3/c1-14(2)18-15-9-12-20(13-15)17-7-5-16(6-8-17)19-10-3-4-11-19/h5-8,14-15,18H,3-4,9-13H2,1-2H3. The molecule has 1 aromatic rings. The Balaban J connectivity index is 1.60. The minimum atomic E-state index is 0.581. The molecule has 1 aromatic carbocycles. The summed E-state index contributed by atoms with van der Waals surface area (Å²) in [5.41, 5.74) is 2.77. The van der Waals surface area contributed by atoms with Gasteiger partial charge in [-0.25, -0.2) is 0 Å². The zero-order valence-electron chi connectivity index (χ0n) is 12.8. The third kappa shape index (κ3) is 3.09. The normalized spacial score (nSPS) is 23.1. The van der Waals surface area contributed by atoms with Crippen molar-refractivity contribution in [3.8, 4) is 0 Å². The van der Waals surface area contributed by atoms with Crippen molar-refractivity contribution in [2.45, 2.75) is 45.2 Å². The van der Waals surface area contributed by atoms with Crippen LogP contribution in [0.15, 0.2) is 24.3 Å². The molecule has 2 aliphatic heterocycles. The highest BCUT2D eigenvalue weighted by atomic mass is 15.2. The minimum Gasteiger partial charge on any atom is -0.372 e. The van der Waals surface area contributed by atoms with Crippen molar-refractivity contribution < 1.29 is 0 Å². The van der Waals surface area contributed by atoms with E-state index in [1.807, 2.05) is 0 Å². The molecule has 3 heteroatoms. The fourth-order valence-electron chi connectivity index (χ4n) is 3.45. The van der Waals surface area contributed by atoms with Gasteiger partial charge in [-0.05, 0) is 43.5 Å². The van der Waals surface area contributed by atoms with Crippen LogP contribution in [0.5, 0.6) is 0 Å². The van der Waals surface area contributed by atoms with Gasteiger partial charge in [-0.2, -0.15) is 0 Å². The molecule has 2 heterocycles. The average Bonchev–Trinajstić information content (AvgIpc) is 3.09. The van der Waals surface area contributed by atoms with Crippen LogP contribution < -0.4 is 15.1 Å². The molecule has 110 valence electrons. The van der Waals surface area contributed by atoms with E-state index >= 15 is 0 Å². The van der Waals surface area contributed by atoms with Crippen LogP contribution in [0.3, 0.4) is 0 Å². The molecule has 0 aliphatic carbocycles. The Morgan fingerprint density at radius 1 is 0.950 bits per heavy atom. The van der Waals surface area contributed by atoms with Crippen LogP contribution in [0.1, 0.15) is 33.1 Å². The molecule has 1 unspecified atom stereocenters. The quantitative estimate of drug-likeness (QED) is 0.910. The summed E-state index contributed by atoms with van der Waals surface area (Å²) in [4.78, 5) is 5.00. The first-order valence-corrected chi connectivity index (χ1v) is 8.08. The maximum atomic E-state index is 3.65. The summed E-state index contributed by atoms with van der Waals surface area (Å²) in [6.45, 7) is 9.22. The van der Waals surface area contributed by atoms with Gasteiger partial charge in [-0.15, -0.1) is 0 Å². The predicted octanol–water partition coefficient (Wildman–Crippen LogP) is 2.86. The maximum Gasteiger partial charge on any atom is 0.0368 e. The Morgan fingerprint density at radius 3 is 2.15 bits per heavy atom. The van der Waals surface area contributed by atoms with E-state index in [1.165, 1.54) is 50.3 Å². The van der Waals surface area contributed by atoms with Crippen molar-refractivity contribution >= 4 is 11.4 Å². The molecule has 3 rings (SSSR count). The van der Waals surface area contributed by atoms with Crippen molar-refractivity contribution in [1.82, 2.24) is 5.32 Å². The largest absolute Gasteiger partial charge is 0.372 e. The van der Waals surface area contributed by atoms with Crippen molar-refractivity contribution in [3.05, 3.63) is 24.3 Å². The molecule has 0 bridgehead atoms. The van der Waals surface area contributed by atoms with Crippen molar-refractivity contribution in [2.24, 2.45) is 0 Å². The number of hydrogen-bond donors (Lipinski definition) is 1. The molecule has 0 radical (unpaired) electrons. The first-order valence-electron chi connectivity index (χ1n) is 8.08. The molecule has 0 aromatic heterocycles. The Labute approximate surface area is 123 Å². The van der Waals surface area contributed by atoms with Gasteiger partial charge in [0.1, 0.15) is 0 Å². The van der Waals surface area contributed by atoms with Crippen LogP contribution in [0.4, 0.5) is 11.4 Å². The molecule has 0 saturated carbocycles. The van der Waals surface area contributed by atoms with E-state index in [9.17, 15) is 0 Å². The van der Waals surface area contributed by atoms with E-state index in [-0.39, 0.29) is 0 Å². The number of anilines is 2. The van der Waals surface area contributed by atoms with Gasteiger partial charge in [-0.1, -0.05) is 13.8 Å². The van der Waals surface area contributed by atoms with Crippen LogP contribution in [0.2, 0.25) is 0 Å². The molecule has 1 N–H and O–H groups in total. The smallest absolute Gasteiger partial charge is 0.0368 e. The van der Waals surface area contributed by atoms with Crippen molar-refractivity contribution in [2.75, 3.05) is 36.0 Å². The Morgan fingerprint density at radius 2 is 1.55 bits per heavy atom. The summed E-state index contributed by atoms with van der Waals surface area (Å²) < 4.78 is 0. The van der Waals surface area contributed by atoms with Crippen LogP contribution in [-0.2, 0) is 0 Å².